The number of hydrogen-bond acceptors (Lipinski definition) is 5. The Hall–Kier alpha value is -1.71. The molecule has 0 bridgehead atoms. The zero-order chi connectivity index (χ0) is 18.2. The highest BCUT2D eigenvalue weighted by atomic mass is 32.2. The van der Waals surface area contributed by atoms with Crippen LogP contribution in [0.1, 0.15) is 19.8 Å². The Bertz CT molecular complexity index is 961. The maximum Gasteiger partial charge on any atom is 0.308 e. The van der Waals surface area contributed by atoms with Crippen LogP contribution in [0.2, 0.25) is 0 Å². The number of amides is 1. The van der Waals surface area contributed by atoms with E-state index >= 15 is 0 Å². The molecule has 2 aromatic rings. The summed E-state index contributed by atoms with van der Waals surface area (Å²) in [5.41, 5.74) is 1.48. The first-order valence-electron chi connectivity index (χ1n) is 8.19. The van der Waals surface area contributed by atoms with Crippen molar-refractivity contribution in [3.63, 3.8) is 0 Å². The van der Waals surface area contributed by atoms with E-state index in [4.69, 9.17) is 0 Å². The number of hydrogen-bond donors (Lipinski definition) is 1. The molecule has 1 aliphatic rings. The van der Waals surface area contributed by atoms with Crippen molar-refractivity contribution >= 4 is 43.2 Å². The highest BCUT2D eigenvalue weighted by Crippen LogP contribution is 2.24. The minimum atomic E-state index is -3.28. The lowest BCUT2D eigenvalue weighted by Crippen LogP contribution is -2.43. The summed E-state index contributed by atoms with van der Waals surface area (Å²) in [4.78, 5) is 24.4. The molecule has 1 aromatic heterocycles. The van der Waals surface area contributed by atoms with E-state index in [-0.39, 0.29) is 23.2 Å². The van der Waals surface area contributed by atoms with Crippen molar-refractivity contribution in [2.75, 3.05) is 24.7 Å². The predicted octanol–water partition coefficient (Wildman–Crippen LogP) is 1.69. The number of sulfonamides is 1. The van der Waals surface area contributed by atoms with Gasteiger partial charge in [-0.25, -0.2) is 12.7 Å². The van der Waals surface area contributed by atoms with E-state index < -0.39 is 10.0 Å². The number of aryl methyl sites for hydroxylation is 1. The fourth-order valence-electron chi connectivity index (χ4n) is 3.15. The van der Waals surface area contributed by atoms with Crippen molar-refractivity contribution in [1.82, 2.24) is 8.87 Å². The van der Waals surface area contributed by atoms with Crippen LogP contribution in [0.3, 0.4) is 0 Å². The molecule has 9 heteroatoms. The smallest absolute Gasteiger partial charge is 0.308 e. The average molecular weight is 383 g/mol. The molecule has 7 nitrogen and oxygen atoms in total. The summed E-state index contributed by atoms with van der Waals surface area (Å²) in [6, 6.07) is 5.40. The van der Waals surface area contributed by atoms with Crippen LogP contribution in [-0.2, 0) is 21.4 Å². The molecule has 25 heavy (non-hydrogen) atoms. The molecular formula is C16H21N3O4S2. The molecular weight excluding hydrogens is 362 g/mol. The summed E-state index contributed by atoms with van der Waals surface area (Å²) >= 11 is 1.15. The lowest BCUT2D eigenvalue weighted by atomic mass is 9.98. The van der Waals surface area contributed by atoms with Gasteiger partial charge in [0.2, 0.25) is 15.9 Å². The summed E-state index contributed by atoms with van der Waals surface area (Å²) in [6.07, 6.45) is 2.51. The average Bonchev–Trinajstić information content (AvgIpc) is 2.88. The van der Waals surface area contributed by atoms with Crippen LogP contribution in [-0.4, -0.2) is 42.5 Å². The molecule has 0 saturated carbocycles. The molecule has 0 spiro atoms. The van der Waals surface area contributed by atoms with Crippen LogP contribution in [0.4, 0.5) is 5.69 Å². The molecule has 0 radical (unpaired) electrons. The van der Waals surface area contributed by atoms with Crippen LogP contribution in [0.5, 0.6) is 0 Å². The fraction of sp³-hybridized carbons (Fsp3) is 0.500. The summed E-state index contributed by atoms with van der Waals surface area (Å²) in [6.45, 7) is 3.20. The minimum absolute atomic E-state index is 0.0166. The van der Waals surface area contributed by atoms with Crippen LogP contribution in [0.15, 0.2) is 23.0 Å². The Morgan fingerprint density at radius 1 is 1.40 bits per heavy atom. The van der Waals surface area contributed by atoms with Crippen molar-refractivity contribution in [2.45, 2.75) is 26.3 Å². The van der Waals surface area contributed by atoms with Crippen molar-refractivity contribution in [1.29, 1.82) is 0 Å². The Balaban J connectivity index is 1.76. The standard InChI is InChI=1S/C16H21N3O4S2/c1-3-19-13-7-6-12(9-14(13)24-16(19)21)17-15(20)11-5-4-8-18(10-11)25(2,22)23/h6-7,9,11H,3-5,8,10H2,1-2H3,(H,17,20)/t11-/m0/s1. The number of benzene rings is 1. The van der Waals surface area contributed by atoms with Gasteiger partial charge in [-0.2, -0.15) is 0 Å². The number of nitrogens with zero attached hydrogens (tertiary/aromatic N) is 2. The summed E-state index contributed by atoms with van der Waals surface area (Å²) < 4.78 is 27.2. The molecule has 1 amide bonds. The normalized spacial score (nSPS) is 19.2. The highest BCUT2D eigenvalue weighted by Gasteiger charge is 2.30. The first kappa shape index (κ1) is 18.1. The van der Waals surface area contributed by atoms with Gasteiger partial charge >= 0.3 is 4.87 Å². The monoisotopic (exact) mass is 383 g/mol. The van der Waals surface area contributed by atoms with Gasteiger partial charge in [-0.05, 0) is 38.0 Å². The Morgan fingerprint density at radius 3 is 2.84 bits per heavy atom. The topological polar surface area (TPSA) is 88.5 Å². The molecule has 0 aliphatic carbocycles. The van der Waals surface area contributed by atoms with Crippen molar-refractivity contribution in [3.8, 4) is 0 Å². The molecule has 3 rings (SSSR count). The SMILES string of the molecule is CCn1c(=O)sc2cc(NC(=O)[C@H]3CCCN(S(C)(=O)=O)C3)ccc21. The van der Waals surface area contributed by atoms with Crippen LogP contribution >= 0.6 is 11.3 Å². The third-order valence-electron chi connectivity index (χ3n) is 4.48. The second-order valence-electron chi connectivity index (χ2n) is 6.24. The molecule has 136 valence electrons. The largest absolute Gasteiger partial charge is 0.326 e. The molecule has 1 aromatic carbocycles. The van der Waals surface area contributed by atoms with Gasteiger partial charge in [0, 0.05) is 25.3 Å². The number of rotatable bonds is 4. The van der Waals surface area contributed by atoms with Gasteiger partial charge in [0.05, 0.1) is 22.4 Å². The molecule has 1 aliphatic heterocycles. The van der Waals surface area contributed by atoms with Crippen molar-refractivity contribution < 1.29 is 13.2 Å². The molecule has 1 saturated heterocycles. The first-order chi connectivity index (χ1) is 11.8. The summed E-state index contributed by atoms with van der Waals surface area (Å²) in [7, 11) is -3.28. The van der Waals surface area contributed by atoms with E-state index in [1.54, 1.807) is 16.7 Å². The second kappa shape index (κ2) is 6.89. The molecule has 1 atom stereocenters. The number of piperidine rings is 1. The van der Waals surface area contributed by atoms with Gasteiger partial charge in [0.15, 0.2) is 0 Å². The van der Waals surface area contributed by atoms with E-state index in [1.165, 1.54) is 10.6 Å². The molecule has 0 unspecified atom stereocenters. The van der Waals surface area contributed by atoms with Crippen LogP contribution < -0.4 is 10.2 Å². The van der Waals surface area contributed by atoms with Gasteiger partial charge in [-0.3, -0.25) is 14.2 Å². The number of thiazole rings is 1. The lowest BCUT2D eigenvalue weighted by Gasteiger charge is -2.30. The lowest BCUT2D eigenvalue weighted by molar-refractivity contribution is -0.120. The van der Waals surface area contributed by atoms with Crippen molar-refractivity contribution in [2.24, 2.45) is 5.92 Å². The van der Waals surface area contributed by atoms with Gasteiger partial charge in [0.25, 0.3) is 0 Å². The zero-order valence-corrected chi connectivity index (χ0v) is 15.8. The number of carbonyl (C=O) groups is 1. The summed E-state index contributed by atoms with van der Waals surface area (Å²) in [5.74, 6) is -0.548. The number of nitrogens with one attached hydrogen (secondary N) is 1. The van der Waals surface area contributed by atoms with Crippen LogP contribution in [0, 0.1) is 5.92 Å². The Kier molecular flexibility index (Phi) is 4.99. The maximum atomic E-state index is 12.5. The fourth-order valence-corrected chi connectivity index (χ4v) is 5.05. The number of carbonyl (C=O) groups excluding carboxylic acids is 1. The number of aromatic nitrogens is 1. The first-order valence-corrected chi connectivity index (χ1v) is 10.9. The van der Waals surface area contributed by atoms with E-state index in [0.29, 0.717) is 31.6 Å². The maximum absolute atomic E-state index is 12.5. The van der Waals surface area contributed by atoms with Gasteiger partial charge in [-0.15, -0.1) is 0 Å². The Labute approximate surface area is 150 Å². The molecule has 2 heterocycles. The highest BCUT2D eigenvalue weighted by molar-refractivity contribution is 7.88. The third-order valence-corrected chi connectivity index (χ3v) is 6.69. The third kappa shape index (κ3) is 3.78. The van der Waals surface area contributed by atoms with Gasteiger partial charge < -0.3 is 5.32 Å². The van der Waals surface area contributed by atoms with Crippen molar-refractivity contribution in [3.05, 3.63) is 27.9 Å². The van der Waals surface area contributed by atoms with E-state index in [1.807, 2.05) is 13.0 Å². The molecule has 1 fully saturated rings. The van der Waals surface area contributed by atoms with E-state index in [9.17, 15) is 18.0 Å². The van der Waals surface area contributed by atoms with Gasteiger partial charge in [0.1, 0.15) is 0 Å². The zero-order valence-electron chi connectivity index (χ0n) is 14.2. The predicted molar refractivity (Wildman–Crippen MR) is 99.5 cm³/mol. The van der Waals surface area contributed by atoms with Crippen LogP contribution in [0.25, 0.3) is 10.2 Å². The molecule has 1 N–H and O–H groups in total. The quantitative estimate of drug-likeness (QED) is 0.870. The minimum Gasteiger partial charge on any atom is -0.326 e. The van der Waals surface area contributed by atoms with Gasteiger partial charge in [-0.1, -0.05) is 11.3 Å². The van der Waals surface area contributed by atoms with E-state index in [2.05, 4.69) is 5.32 Å². The number of fused-ring (bicyclic) bond motifs is 1. The Morgan fingerprint density at radius 2 is 2.16 bits per heavy atom. The summed E-state index contributed by atoms with van der Waals surface area (Å²) in [5, 5.41) is 2.86. The second-order valence-corrected chi connectivity index (χ2v) is 9.22. The number of anilines is 1. The van der Waals surface area contributed by atoms with E-state index in [0.717, 1.165) is 21.6 Å².